The van der Waals surface area contributed by atoms with Gasteiger partial charge in [0.15, 0.2) is 0 Å². The lowest BCUT2D eigenvalue weighted by atomic mass is 9.82. The van der Waals surface area contributed by atoms with Crippen LogP contribution in [0.25, 0.3) is 182 Å². The number of rotatable bonds is 14. The van der Waals surface area contributed by atoms with E-state index in [4.69, 9.17) is 0 Å². The van der Waals surface area contributed by atoms with Gasteiger partial charge in [-0.15, -0.1) is 34.0 Å². The summed E-state index contributed by atoms with van der Waals surface area (Å²) in [5.41, 5.74) is 38.7. The summed E-state index contributed by atoms with van der Waals surface area (Å²) >= 11 is 5.59. The molecule has 0 saturated heterocycles. The van der Waals surface area contributed by atoms with E-state index in [1.807, 2.05) is 34.0 Å². The Hall–Kier alpha value is -17.1. The molecule has 0 radical (unpaired) electrons. The molecule has 3 nitrogen and oxygen atoms in total. The van der Waals surface area contributed by atoms with Crippen LogP contribution in [0.2, 0.25) is 0 Å². The zero-order valence-electron chi connectivity index (χ0n) is 82.5. The molecular formula is C141H101N3S3. The van der Waals surface area contributed by atoms with Gasteiger partial charge in [0, 0.05) is 128 Å². The van der Waals surface area contributed by atoms with Crippen LogP contribution in [-0.4, -0.2) is 0 Å². The van der Waals surface area contributed by atoms with Crippen molar-refractivity contribution in [3.8, 4) is 89.0 Å². The maximum absolute atomic E-state index is 2.45. The summed E-state index contributed by atoms with van der Waals surface area (Å²) in [5.74, 6) is 0. The van der Waals surface area contributed by atoms with Crippen LogP contribution in [0.1, 0.15) is 74.9 Å². The molecule has 147 heavy (non-hydrogen) atoms. The molecule has 698 valence electrons. The molecule has 29 rings (SSSR count). The number of thiophene rings is 3. The summed E-state index contributed by atoms with van der Waals surface area (Å²) in [6.07, 6.45) is 0. The second kappa shape index (κ2) is 35.7. The predicted molar refractivity (Wildman–Crippen MR) is 634 cm³/mol. The highest BCUT2D eigenvalue weighted by molar-refractivity contribution is 7.26. The molecule has 23 aromatic carbocycles. The molecule has 0 fully saturated rings. The van der Waals surface area contributed by atoms with Gasteiger partial charge < -0.3 is 14.7 Å². The Labute approximate surface area is 869 Å². The molecule has 0 spiro atoms. The van der Waals surface area contributed by atoms with Gasteiger partial charge in [-0.3, -0.25) is 0 Å². The summed E-state index contributed by atoms with van der Waals surface area (Å²) in [6, 6.07) is 186. The van der Waals surface area contributed by atoms with E-state index in [0.717, 1.165) is 45.5 Å². The van der Waals surface area contributed by atoms with Crippen LogP contribution in [0, 0.1) is 0 Å². The first kappa shape index (κ1) is 88.8. The molecule has 0 aliphatic heterocycles. The third kappa shape index (κ3) is 15.3. The molecular weight excluding hydrogens is 1830 g/mol. The van der Waals surface area contributed by atoms with Gasteiger partial charge in [0.25, 0.3) is 0 Å². The van der Waals surface area contributed by atoms with E-state index in [1.165, 1.54) is 221 Å². The molecule has 0 amide bonds. The minimum absolute atomic E-state index is 0.0642. The highest BCUT2D eigenvalue weighted by atomic mass is 32.1. The number of nitrogens with zero attached hydrogens (tertiary/aromatic N) is 3. The van der Waals surface area contributed by atoms with E-state index in [2.05, 4.69) is 560 Å². The lowest BCUT2D eigenvalue weighted by molar-refractivity contribution is 0.660. The van der Waals surface area contributed by atoms with Crippen molar-refractivity contribution in [2.75, 3.05) is 14.7 Å². The second-order valence-corrected chi connectivity index (χ2v) is 44.2. The summed E-state index contributed by atoms with van der Waals surface area (Å²) in [6.45, 7) is 14.1. The fraction of sp³-hybridized carbons (Fsp3) is 0.0638. The lowest BCUT2D eigenvalue weighted by Crippen LogP contribution is -2.16. The van der Waals surface area contributed by atoms with Crippen molar-refractivity contribution >= 4 is 178 Å². The van der Waals surface area contributed by atoms with Crippen LogP contribution in [0.5, 0.6) is 0 Å². The first-order chi connectivity index (χ1) is 72.1. The molecule has 0 saturated carbocycles. The van der Waals surface area contributed by atoms with Gasteiger partial charge >= 0.3 is 0 Å². The van der Waals surface area contributed by atoms with Crippen molar-refractivity contribution < 1.29 is 0 Å². The molecule has 0 unspecified atom stereocenters. The van der Waals surface area contributed by atoms with Crippen molar-refractivity contribution in [2.24, 2.45) is 0 Å². The fourth-order valence-corrected chi connectivity index (χ4v) is 27.1. The zero-order chi connectivity index (χ0) is 98.3. The largest absolute Gasteiger partial charge is 0.310 e. The van der Waals surface area contributed by atoms with Gasteiger partial charge in [-0.05, 0) is 307 Å². The van der Waals surface area contributed by atoms with Crippen LogP contribution >= 0.6 is 34.0 Å². The van der Waals surface area contributed by atoms with Gasteiger partial charge in [0.2, 0.25) is 0 Å². The van der Waals surface area contributed by atoms with E-state index in [-0.39, 0.29) is 16.2 Å². The van der Waals surface area contributed by atoms with E-state index in [0.29, 0.717) is 0 Å². The molecule has 3 aromatic heterocycles. The van der Waals surface area contributed by atoms with Gasteiger partial charge in [-0.2, -0.15) is 0 Å². The number of hydrogen-bond donors (Lipinski definition) is 0. The van der Waals surface area contributed by atoms with Crippen molar-refractivity contribution in [1.29, 1.82) is 0 Å². The highest BCUT2D eigenvalue weighted by Crippen LogP contribution is 2.57. The normalized spacial score (nSPS) is 13.1. The topological polar surface area (TPSA) is 9.72 Å². The Kier molecular flexibility index (Phi) is 21.6. The number of benzene rings is 23. The Morgan fingerprint density at radius 2 is 0.422 bits per heavy atom. The predicted octanol–water partition coefficient (Wildman–Crippen LogP) is 41.3. The summed E-state index contributed by atoms with van der Waals surface area (Å²) < 4.78 is 8.00. The van der Waals surface area contributed by atoms with E-state index >= 15 is 0 Å². The van der Waals surface area contributed by atoms with Crippen molar-refractivity contribution in [1.82, 2.24) is 0 Å². The minimum atomic E-state index is -0.0961. The molecule has 3 heterocycles. The first-order valence-electron chi connectivity index (χ1n) is 51.0. The zero-order valence-corrected chi connectivity index (χ0v) is 84.9. The standard InChI is InChI=1S/2C49H35NS.C43H31NS/c1-49(2)45-16-7-5-13-41(45)42-28-27-38(31-46(42)49)50(37-25-20-34(21-26-37)40-15-9-11-33-10-3-4-12-39(33)40)36-23-18-32(19-24-36)35-22-29-48-44(30-35)43-14-6-8-17-47(43)51-48;1-49(2)44-18-10-8-15-39(44)40-26-25-36(31-45(40)49)50(46-28-27-37(33-12-4-3-5-13-33)38-14-6-7-16-41(38)46)35-23-20-32(21-24-35)34-22-29-48-43(30-34)42-17-9-11-19-47(42)51-48;1-43(2)39-13-7-5-11-35(39)36-23-22-34(27-40(36)43)44(33-21-17-28-9-3-4-10-30(28)25-33)32-19-15-29(16-20-32)31-18-24-42-38(26-31)37-12-6-8-14-41(37)45-42/h2*3-31H,1-2H3;3-27H,1-2H3. The molecule has 26 aromatic rings. The highest BCUT2D eigenvalue weighted by Gasteiger charge is 2.40. The smallest absolute Gasteiger partial charge is 0.0540 e. The third-order valence-electron chi connectivity index (χ3n) is 31.4. The molecule has 6 heteroatoms. The van der Waals surface area contributed by atoms with Crippen molar-refractivity contribution in [3.63, 3.8) is 0 Å². The minimum Gasteiger partial charge on any atom is -0.310 e. The maximum atomic E-state index is 2.45. The van der Waals surface area contributed by atoms with E-state index in [1.54, 1.807) is 0 Å². The van der Waals surface area contributed by atoms with Crippen LogP contribution in [-0.2, 0) is 16.2 Å². The Bertz CT molecular complexity index is 9710. The van der Waals surface area contributed by atoms with E-state index < -0.39 is 0 Å². The summed E-state index contributed by atoms with van der Waals surface area (Å²) in [7, 11) is 0. The molecule has 3 aliphatic rings. The quantitative estimate of drug-likeness (QED) is 0.107. The van der Waals surface area contributed by atoms with Crippen LogP contribution < -0.4 is 14.7 Å². The van der Waals surface area contributed by atoms with Gasteiger partial charge in [-0.1, -0.05) is 387 Å². The Morgan fingerprint density at radius 1 is 0.143 bits per heavy atom. The number of fused-ring (bicyclic) bond motifs is 21. The van der Waals surface area contributed by atoms with Crippen LogP contribution in [0.4, 0.5) is 51.2 Å². The molecule has 3 aliphatic carbocycles. The van der Waals surface area contributed by atoms with Crippen LogP contribution in [0.3, 0.4) is 0 Å². The lowest BCUT2D eigenvalue weighted by Gasteiger charge is -2.29. The summed E-state index contributed by atoms with van der Waals surface area (Å²) in [5, 5.41) is 15.5. The van der Waals surface area contributed by atoms with Crippen LogP contribution in [0.15, 0.2) is 504 Å². The monoisotopic (exact) mass is 1930 g/mol. The number of hydrogen-bond acceptors (Lipinski definition) is 6. The average Bonchev–Trinajstić information content (AvgIpc) is 1.54. The fourth-order valence-electron chi connectivity index (χ4n) is 23.9. The molecule has 0 N–H and O–H groups in total. The van der Waals surface area contributed by atoms with Crippen molar-refractivity contribution in [2.45, 2.75) is 57.8 Å². The third-order valence-corrected chi connectivity index (χ3v) is 34.9. The SMILES string of the molecule is CC1(C)c2ccccc2-c2ccc(N(c3ccc(-c4ccc5sc6ccccc6c5c4)cc3)c3ccc(-c4cccc5ccccc45)cc3)cc21.CC1(C)c2ccccc2-c2ccc(N(c3ccc(-c4ccc5sc6ccccc6c5c4)cc3)c3ccc(-c4ccccc4)c4ccccc34)cc21.CC1(C)c2ccccc2-c2ccc(N(c3ccc(-c4ccc5sc6ccccc6c5c4)cc3)c3ccc4ccccc4c3)cc21. The average molecular weight is 1930 g/mol. The molecule has 0 bridgehead atoms. The second-order valence-electron chi connectivity index (χ2n) is 40.9. The van der Waals surface area contributed by atoms with Gasteiger partial charge in [0.05, 0.1) is 5.69 Å². The van der Waals surface area contributed by atoms with Gasteiger partial charge in [-0.25, -0.2) is 0 Å². The van der Waals surface area contributed by atoms with E-state index in [9.17, 15) is 0 Å². The number of anilines is 9. The summed E-state index contributed by atoms with van der Waals surface area (Å²) in [4.78, 5) is 7.27. The van der Waals surface area contributed by atoms with Crippen molar-refractivity contribution in [3.05, 3.63) is 537 Å². The first-order valence-corrected chi connectivity index (χ1v) is 53.4. The maximum Gasteiger partial charge on any atom is 0.0540 e. The molecule has 0 atom stereocenters. The van der Waals surface area contributed by atoms with Gasteiger partial charge in [0.1, 0.15) is 0 Å². The Morgan fingerprint density at radius 3 is 0.871 bits per heavy atom. The Balaban J connectivity index is 0.000000109.